The fourth-order valence-electron chi connectivity index (χ4n) is 2.78. The summed E-state index contributed by atoms with van der Waals surface area (Å²) in [7, 11) is 0. The summed E-state index contributed by atoms with van der Waals surface area (Å²) in [6, 6.07) is 3.62. The first-order chi connectivity index (χ1) is 9.99. The van der Waals surface area contributed by atoms with Crippen LogP contribution in [0.4, 0.5) is 0 Å². The molecule has 114 valence electrons. The van der Waals surface area contributed by atoms with Gasteiger partial charge in [-0.2, -0.15) is 0 Å². The summed E-state index contributed by atoms with van der Waals surface area (Å²) < 4.78 is 0. The van der Waals surface area contributed by atoms with Gasteiger partial charge in [-0.05, 0) is 37.0 Å². The number of phenolic OH excluding ortho intramolecular Hbond substituents is 2. The maximum atomic E-state index is 12.2. The summed E-state index contributed by atoms with van der Waals surface area (Å²) in [6.45, 7) is 0. The van der Waals surface area contributed by atoms with Crippen LogP contribution in [0.3, 0.4) is 0 Å². The Kier molecular flexibility index (Phi) is 5.01. The summed E-state index contributed by atoms with van der Waals surface area (Å²) >= 11 is 5.09. The normalized spacial score (nSPS) is 17.1. The van der Waals surface area contributed by atoms with Crippen molar-refractivity contribution < 1.29 is 15.0 Å². The molecule has 0 spiro atoms. The summed E-state index contributed by atoms with van der Waals surface area (Å²) in [5, 5.41) is 21.6. The van der Waals surface area contributed by atoms with E-state index in [1.807, 2.05) is 0 Å². The fraction of sp³-hybridized carbons (Fsp3) is 0.467. The average molecular weight is 308 g/mol. The van der Waals surface area contributed by atoms with Crippen LogP contribution in [-0.4, -0.2) is 27.2 Å². The van der Waals surface area contributed by atoms with Gasteiger partial charge in [0.2, 0.25) is 0 Å². The van der Waals surface area contributed by atoms with Crippen molar-refractivity contribution in [1.82, 2.24) is 5.32 Å². The zero-order valence-corrected chi connectivity index (χ0v) is 12.5. The molecule has 1 fully saturated rings. The highest BCUT2D eigenvalue weighted by Crippen LogP contribution is 2.28. The lowest BCUT2D eigenvalue weighted by molar-refractivity contribution is 0.0931. The quantitative estimate of drug-likeness (QED) is 0.504. The van der Waals surface area contributed by atoms with Crippen molar-refractivity contribution in [3.05, 3.63) is 23.8 Å². The van der Waals surface area contributed by atoms with Gasteiger partial charge < -0.3 is 21.3 Å². The Morgan fingerprint density at radius 1 is 1.24 bits per heavy atom. The van der Waals surface area contributed by atoms with Gasteiger partial charge in [-0.1, -0.05) is 31.5 Å². The lowest BCUT2D eigenvalue weighted by Crippen LogP contribution is -2.48. The highest BCUT2D eigenvalue weighted by Gasteiger charge is 2.27. The number of hydrogen-bond donors (Lipinski definition) is 4. The Labute approximate surface area is 129 Å². The molecule has 0 aliphatic heterocycles. The third-order valence-electron chi connectivity index (χ3n) is 3.95. The predicted molar refractivity (Wildman–Crippen MR) is 84.4 cm³/mol. The number of hydrogen-bond acceptors (Lipinski definition) is 4. The number of aromatic hydroxyl groups is 2. The van der Waals surface area contributed by atoms with Gasteiger partial charge in [0.1, 0.15) is 0 Å². The minimum absolute atomic E-state index is 0.260. The molecule has 5 nitrogen and oxygen atoms in total. The molecule has 6 heteroatoms. The maximum absolute atomic E-state index is 12.2. The number of phenols is 2. The molecule has 1 aliphatic carbocycles. The second-order valence-electron chi connectivity index (χ2n) is 5.46. The monoisotopic (exact) mass is 308 g/mol. The molecule has 1 unspecified atom stereocenters. The number of thiocarbonyl (C=S) groups is 1. The highest BCUT2D eigenvalue weighted by atomic mass is 32.1. The Bertz CT molecular complexity index is 542. The van der Waals surface area contributed by atoms with E-state index >= 15 is 0 Å². The van der Waals surface area contributed by atoms with Crippen LogP contribution < -0.4 is 11.1 Å². The molecule has 0 heterocycles. The number of rotatable bonds is 4. The Morgan fingerprint density at radius 2 is 1.90 bits per heavy atom. The molecule has 1 atom stereocenters. The molecule has 5 N–H and O–H groups in total. The van der Waals surface area contributed by atoms with Crippen LogP contribution in [0.5, 0.6) is 11.5 Å². The molecule has 0 bridgehead atoms. The van der Waals surface area contributed by atoms with Gasteiger partial charge in [-0.15, -0.1) is 0 Å². The summed E-state index contributed by atoms with van der Waals surface area (Å²) in [5.74, 6) is -0.670. The summed E-state index contributed by atoms with van der Waals surface area (Å²) in [5.41, 5.74) is 6.04. The molecule has 1 saturated carbocycles. The number of amides is 1. The van der Waals surface area contributed by atoms with E-state index in [2.05, 4.69) is 5.32 Å². The molecule has 1 aliphatic rings. The Hall–Kier alpha value is -1.82. The standard InChI is InChI=1S/C15H20N2O3S/c16-14(21)13(9-4-2-1-3-5-9)17-15(20)10-6-7-11(18)12(19)8-10/h6-9,13,18-19H,1-5H2,(H2,16,21)(H,17,20). The zero-order chi connectivity index (χ0) is 15.4. The van der Waals surface area contributed by atoms with Crippen LogP contribution in [0.2, 0.25) is 0 Å². The largest absolute Gasteiger partial charge is 0.504 e. The van der Waals surface area contributed by atoms with Crippen molar-refractivity contribution in [2.75, 3.05) is 0 Å². The number of carbonyl (C=O) groups is 1. The molecule has 0 radical (unpaired) electrons. The van der Waals surface area contributed by atoms with Crippen molar-refractivity contribution in [2.45, 2.75) is 38.1 Å². The first-order valence-electron chi connectivity index (χ1n) is 7.11. The molecule has 21 heavy (non-hydrogen) atoms. The van der Waals surface area contributed by atoms with E-state index in [1.54, 1.807) is 0 Å². The lowest BCUT2D eigenvalue weighted by Gasteiger charge is -2.30. The van der Waals surface area contributed by atoms with Gasteiger partial charge >= 0.3 is 0 Å². The van der Waals surface area contributed by atoms with Crippen molar-refractivity contribution in [1.29, 1.82) is 0 Å². The second-order valence-corrected chi connectivity index (χ2v) is 5.93. The van der Waals surface area contributed by atoms with Crippen LogP contribution in [0.25, 0.3) is 0 Å². The van der Waals surface area contributed by atoms with Gasteiger partial charge in [-0.3, -0.25) is 4.79 Å². The minimum atomic E-state index is -0.353. The molecule has 1 aromatic carbocycles. The van der Waals surface area contributed by atoms with E-state index in [1.165, 1.54) is 24.6 Å². The first kappa shape index (κ1) is 15.6. The second kappa shape index (κ2) is 6.76. The molecule has 0 saturated heterocycles. The van der Waals surface area contributed by atoms with Crippen LogP contribution in [0, 0.1) is 5.92 Å². The van der Waals surface area contributed by atoms with Crippen molar-refractivity contribution in [3.63, 3.8) is 0 Å². The van der Waals surface area contributed by atoms with E-state index in [9.17, 15) is 15.0 Å². The lowest BCUT2D eigenvalue weighted by atomic mass is 9.83. The van der Waals surface area contributed by atoms with E-state index in [4.69, 9.17) is 18.0 Å². The SMILES string of the molecule is NC(=S)C(NC(=O)c1ccc(O)c(O)c1)C1CCCCC1. The molecule has 0 aromatic heterocycles. The van der Waals surface area contributed by atoms with E-state index in [-0.39, 0.29) is 34.9 Å². The smallest absolute Gasteiger partial charge is 0.251 e. The summed E-state index contributed by atoms with van der Waals surface area (Å²) in [6.07, 6.45) is 5.46. The third kappa shape index (κ3) is 3.85. The average Bonchev–Trinajstić information content (AvgIpc) is 2.48. The Balaban J connectivity index is 2.10. The van der Waals surface area contributed by atoms with Crippen LogP contribution in [0.1, 0.15) is 42.5 Å². The first-order valence-corrected chi connectivity index (χ1v) is 7.52. The highest BCUT2D eigenvalue weighted by molar-refractivity contribution is 7.80. The van der Waals surface area contributed by atoms with E-state index in [0.29, 0.717) is 4.99 Å². The number of carbonyl (C=O) groups excluding carboxylic acids is 1. The van der Waals surface area contributed by atoms with Crippen molar-refractivity contribution in [2.24, 2.45) is 11.7 Å². The fourth-order valence-corrected chi connectivity index (χ4v) is 3.03. The maximum Gasteiger partial charge on any atom is 0.251 e. The zero-order valence-electron chi connectivity index (χ0n) is 11.7. The van der Waals surface area contributed by atoms with Gasteiger partial charge in [0.25, 0.3) is 5.91 Å². The van der Waals surface area contributed by atoms with Crippen LogP contribution in [0.15, 0.2) is 18.2 Å². The number of nitrogens with one attached hydrogen (secondary N) is 1. The van der Waals surface area contributed by atoms with Gasteiger partial charge in [0.05, 0.1) is 11.0 Å². The minimum Gasteiger partial charge on any atom is -0.504 e. The van der Waals surface area contributed by atoms with Crippen molar-refractivity contribution in [3.8, 4) is 11.5 Å². The molecular weight excluding hydrogens is 288 g/mol. The topological polar surface area (TPSA) is 95.6 Å². The van der Waals surface area contributed by atoms with Crippen LogP contribution in [-0.2, 0) is 0 Å². The molecule has 1 aromatic rings. The Morgan fingerprint density at radius 3 is 2.48 bits per heavy atom. The van der Waals surface area contributed by atoms with Gasteiger partial charge in [0.15, 0.2) is 11.5 Å². The molecular formula is C15H20N2O3S. The van der Waals surface area contributed by atoms with E-state index < -0.39 is 0 Å². The summed E-state index contributed by atoms with van der Waals surface area (Å²) in [4.78, 5) is 12.5. The number of benzene rings is 1. The number of nitrogens with two attached hydrogens (primary N) is 1. The molecule has 1 amide bonds. The van der Waals surface area contributed by atoms with Gasteiger partial charge in [-0.25, -0.2) is 0 Å². The van der Waals surface area contributed by atoms with Gasteiger partial charge in [0, 0.05) is 5.56 Å². The van der Waals surface area contributed by atoms with Crippen LogP contribution >= 0.6 is 12.2 Å². The third-order valence-corrected chi connectivity index (χ3v) is 4.21. The van der Waals surface area contributed by atoms with E-state index in [0.717, 1.165) is 25.7 Å². The molecule has 2 rings (SSSR count). The predicted octanol–water partition coefficient (Wildman–Crippen LogP) is 2.06. The van der Waals surface area contributed by atoms with Crippen molar-refractivity contribution >= 4 is 23.1 Å².